The van der Waals surface area contributed by atoms with Crippen molar-refractivity contribution < 1.29 is 47.2 Å². The van der Waals surface area contributed by atoms with E-state index in [0.29, 0.717) is 38.9 Å². The first kappa shape index (κ1) is 31.6. The molecule has 12 heteroatoms. The Morgan fingerprint density at radius 3 is 1.80 bits per heavy atom. The summed E-state index contributed by atoms with van der Waals surface area (Å²) >= 11 is 2.35. The number of benzene rings is 2. The highest BCUT2D eigenvalue weighted by atomic mass is 32.1. The summed E-state index contributed by atoms with van der Waals surface area (Å²) in [5, 5.41) is 9.38. The third kappa shape index (κ3) is 6.66. The van der Waals surface area contributed by atoms with Crippen LogP contribution in [0.25, 0.3) is 20.2 Å². The fraction of sp³-hybridized carbons (Fsp3) is 0.406. The summed E-state index contributed by atoms with van der Waals surface area (Å²) in [6, 6.07) is 6.32. The molecule has 0 amide bonds. The van der Waals surface area contributed by atoms with Gasteiger partial charge in [-0.3, -0.25) is 14.4 Å². The minimum absolute atomic E-state index is 0.00776. The maximum Gasteiger partial charge on any atom is 0.303 e. The molecule has 1 aliphatic rings. The van der Waals surface area contributed by atoms with E-state index >= 15 is 8.78 Å². The second-order valence-electron chi connectivity index (χ2n) is 10.6. The van der Waals surface area contributed by atoms with Gasteiger partial charge in [0.2, 0.25) is 0 Å². The minimum atomic E-state index is -1.08. The Balaban J connectivity index is 1.15. The van der Waals surface area contributed by atoms with Crippen LogP contribution in [0.2, 0.25) is 0 Å². The lowest BCUT2D eigenvalue weighted by atomic mass is 9.82. The van der Waals surface area contributed by atoms with Crippen molar-refractivity contribution in [2.45, 2.75) is 51.4 Å². The molecule has 2 heterocycles. The Morgan fingerprint density at radius 1 is 0.795 bits per heavy atom. The van der Waals surface area contributed by atoms with E-state index in [9.17, 15) is 14.4 Å². The number of ketones is 2. The minimum Gasteiger partial charge on any atom is -0.493 e. The lowest BCUT2D eigenvalue weighted by Crippen LogP contribution is -2.20. The highest BCUT2D eigenvalue weighted by Gasteiger charge is 2.29. The summed E-state index contributed by atoms with van der Waals surface area (Å²) in [5.41, 5.74) is 0. The Labute approximate surface area is 260 Å². The molecule has 5 rings (SSSR count). The van der Waals surface area contributed by atoms with Crippen LogP contribution in [0, 0.1) is 17.6 Å². The molecule has 0 bridgehead atoms. The van der Waals surface area contributed by atoms with Crippen molar-refractivity contribution in [2.75, 3.05) is 27.4 Å². The first-order chi connectivity index (χ1) is 21.2. The summed E-state index contributed by atoms with van der Waals surface area (Å²) in [7, 11) is 2.84. The van der Waals surface area contributed by atoms with Gasteiger partial charge in [-0.05, 0) is 44.2 Å². The molecular formula is C32H32F2O8S2. The molecule has 2 aromatic heterocycles. The third-order valence-electron chi connectivity index (χ3n) is 7.65. The summed E-state index contributed by atoms with van der Waals surface area (Å²) in [4.78, 5) is 36.6. The lowest BCUT2D eigenvalue weighted by Gasteiger charge is -2.22. The van der Waals surface area contributed by atoms with Gasteiger partial charge >= 0.3 is 5.97 Å². The second-order valence-corrected chi connectivity index (χ2v) is 12.7. The normalized spacial score (nSPS) is 13.2. The van der Waals surface area contributed by atoms with E-state index in [4.69, 9.17) is 24.1 Å². The topological polar surface area (TPSA) is 108 Å². The monoisotopic (exact) mass is 646 g/mol. The van der Waals surface area contributed by atoms with Crippen molar-refractivity contribution in [3.63, 3.8) is 0 Å². The Bertz CT molecular complexity index is 1710. The maximum atomic E-state index is 15.4. The number of thiophene rings is 2. The molecule has 0 saturated heterocycles. The van der Waals surface area contributed by atoms with E-state index in [2.05, 4.69) is 0 Å². The van der Waals surface area contributed by atoms with E-state index < -0.39 is 17.6 Å². The van der Waals surface area contributed by atoms with Crippen LogP contribution in [0.15, 0.2) is 24.3 Å². The van der Waals surface area contributed by atoms with Crippen LogP contribution in [-0.2, 0) is 4.79 Å². The molecule has 0 spiro atoms. The number of methoxy groups -OCH3 is 2. The second kappa shape index (κ2) is 13.9. The zero-order chi connectivity index (χ0) is 31.4. The van der Waals surface area contributed by atoms with Crippen molar-refractivity contribution in [1.82, 2.24) is 0 Å². The summed E-state index contributed by atoms with van der Waals surface area (Å²) in [6.07, 6.45) is 4.12. The summed E-state index contributed by atoms with van der Waals surface area (Å²) < 4.78 is 54.1. The molecule has 0 unspecified atom stereocenters. The number of Topliss-reactive ketones (excluding diaryl/α,β-unsaturated/α-hetero) is 2. The van der Waals surface area contributed by atoms with Gasteiger partial charge in [-0.1, -0.05) is 6.42 Å². The van der Waals surface area contributed by atoms with Crippen molar-refractivity contribution in [3.05, 3.63) is 45.7 Å². The molecule has 0 radical (unpaired) electrons. The van der Waals surface area contributed by atoms with Crippen molar-refractivity contribution >= 4 is 60.4 Å². The summed E-state index contributed by atoms with van der Waals surface area (Å²) in [6.45, 7) is 0.400. The first-order valence-electron chi connectivity index (χ1n) is 14.4. The van der Waals surface area contributed by atoms with E-state index in [1.54, 1.807) is 18.2 Å². The van der Waals surface area contributed by atoms with Crippen molar-refractivity contribution in [3.8, 4) is 23.0 Å². The number of hydrogen-bond donors (Lipinski definition) is 1. The van der Waals surface area contributed by atoms with Crippen LogP contribution in [0.4, 0.5) is 8.78 Å². The molecule has 2 aromatic carbocycles. The van der Waals surface area contributed by atoms with Gasteiger partial charge in [-0.25, -0.2) is 8.78 Å². The zero-order valence-corrected chi connectivity index (χ0v) is 26.0. The van der Waals surface area contributed by atoms with Gasteiger partial charge in [0, 0.05) is 44.6 Å². The fourth-order valence-electron chi connectivity index (χ4n) is 4.97. The molecule has 1 aliphatic carbocycles. The number of hydrogen-bond acceptors (Lipinski definition) is 9. The highest BCUT2D eigenvalue weighted by molar-refractivity contribution is 7.21. The highest BCUT2D eigenvalue weighted by Crippen LogP contribution is 2.42. The first-order valence-corrected chi connectivity index (χ1v) is 16.0. The van der Waals surface area contributed by atoms with Crippen LogP contribution < -0.4 is 18.9 Å². The molecule has 234 valence electrons. The number of unbranched alkanes of at least 4 members (excludes halogenated alkanes) is 2. The van der Waals surface area contributed by atoms with Crippen LogP contribution in [0.1, 0.15) is 70.7 Å². The average molecular weight is 647 g/mol. The smallest absolute Gasteiger partial charge is 0.303 e. The molecule has 0 aliphatic heterocycles. The van der Waals surface area contributed by atoms with E-state index in [-0.39, 0.29) is 76.8 Å². The molecule has 1 saturated carbocycles. The van der Waals surface area contributed by atoms with Crippen molar-refractivity contribution in [2.24, 2.45) is 5.92 Å². The Morgan fingerprint density at radius 2 is 1.32 bits per heavy atom. The average Bonchev–Trinajstić information content (AvgIpc) is 3.61. The van der Waals surface area contributed by atoms with Gasteiger partial charge < -0.3 is 24.1 Å². The number of carboxylic acid groups (broad SMARTS) is 1. The van der Waals surface area contributed by atoms with Gasteiger partial charge in [0.15, 0.2) is 46.2 Å². The largest absolute Gasteiger partial charge is 0.493 e. The van der Waals surface area contributed by atoms with Crippen LogP contribution in [-0.4, -0.2) is 50.1 Å². The van der Waals surface area contributed by atoms with Crippen LogP contribution in [0.5, 0.6) is 23.0 Å². The number of aliphatic carboxylic acids is 1. The molecule has 8 nitrogen and oxygen atoms in total. The number of fused-ring (bicyclic) bond motifs is 2. The quantitative estimate of drug-likeness (QED) is 0.0962. The standard InChI is InChI=1S/C32H32F2O8S2/c1-39-21-15-23-18(13-25(43-23)20(35)9-10-27(36)37)28(33)31(21)41-11-4-3-5-12-42-32-22(40-2)16-24-19(29(32)34)14-26(44-24)30(38)17-7-6-8-17/h13-17H,3-12H2,1-2H3,(H,36,37). The number of carbonyl (C=O) groups excluding carboxylic acids is 2. The van der Waals surface area contributed by atoms with Gasteiger partial charge in [0.05, 0.1) is 43.6 Å². The molecule has 0 atom stereocenters. The number of rotatable bonds is 16. The molecule has 1 fully saturated rings. The Kier molecular flexibility index (Phi) is 10.00. The number of carboxylic acids is 1. The van der Waals surface area contributed by atoms with E-state index in [1.807, 2.05) is 0 Å². The SMILES string of the molecule is COc1cc2sc(C(=O)CCC(=O)O)cc2c(F)c1OCCCCCOc1c(OC)cc2sc(C(=O)C3CCC3)cc2c1F. The van der Waals surface area contributed by atoms with Gasteiger partial charge in [0.25, 0.3) is 0 Å². The summed E-state index contributed by atoms with van der Waals surface area (Å²) in [5.74, 6) is -2.15. The maximum absolute atomic E-state index is 15.4. The van der Waals surface area contributed by atoms with Crippen LogP contribution >= 0.6 is 22.7 Å². The van der Waals surface area contributed by atoms with Crippen LogP contribution in [0.3, 0.4) is 0 Å². The van der Waals surface area contributed by atoms with Gasteiger partial charge in [-0.15, -0.1) is 22.7 Å². The fourth-order valence-corrected chi connectivity index (χ4v) is 7.13. The molecule has 44 heavy (non-hydrogen) atoms. The number of ether oxygens (including phenoxy) is 4. The lowest BCUT2D eigenvalue weighted by molar-refractivity contribution is -0.136. The zero-order valence-electron chi connectivity index (χ0n) is 24.3. The Hall–Kier alpha value is -3.77. The van der Waals surface area contributed by atoms with Crippen molar-refractivity contribution in [1.29, 1.82) is 0 Å². The number of halogens is 2. The molecule has 4 aromatic rings. The molecule has 1 N–H and O–H groups in total. The van der Waals surface area contributed by atoms with Gasteiger partial charge in [-0.2, -0.15) is 0 Å². The predicted molar refractivity (Wildman–Crippen MR) is 164 cm³/mol. The predicted octanol–water partition coefficient (Wildman–Crippen LogP) is 8.07. The van der Waals surface area contributed by atoms with E-state index in [1.165, 1.54) is 31.6 Å². The number of carbonyl (C=O) groups is 3. The van der Waals surface area contributed by atoms with Gasteiger partial charge in [0.1, 0.15) is 0 Å². The third-order valence-corrected chi connectivity index (χ3v) is 9.87. The molecular weight excluding hydrogens is 614 g/mol. The van der Waals surface area contributed by atoms with E-state index in [0.717, 1.165) is 30.6 Å².